The van der Waals surface area contributed by atoms with E-state index < -0.39 is 11.5 Å². The van der Waals surface area contributed by atoms with Crippen LogP contribution < -0.4 is 0 Å². The lowest BCUT2D eigenvalue weighted by molar-refractivity contribution is -0.125. The monoisotopic (exact) mass is 311 g/mol. The molecule has 122 valence electrons. The molecule has 1 amide bonds. The molecule has 0 bridgehead atoms. The molecule has 6 heteroatoms. The molecule has 2 aliphatic heterocycles. The van der Waals surface area contributed by atoms with E-state index in [1.165, 1.54) is 0 Å². The van der Waals surface area contributed by atoms with E-state index in [1.54, 1.807) is 29.7 Å². The van der Waals surface area contributed by atoms with E-state index in [2.05, 4.69) is 6.92 Å². The highest BCUT2D eigenvalue weighted by molar-refractivity contribution is 5.97. The van der Waals surface area contributed by atoms with Gasteiger partial charge in [-0.15, -0.1) is 0 Å². The van der Waals surface area contributed by atoms with Crippen LogP contribution in [0.25, 0.3) is 0 Å². The second kappa shape index (κ2) is 5.96. The molecule has 2 fully saturated rings. The molecule has 0 aromatic heterocycles. The van der Waals surface area contributed by atoms with Crippen LogP contribution in [0.3, 0.4) is 0 Å². The third-order valence-electron chi connectivity index (χ3n) is 4.54. The minimum atomic E-state index is -2.69. The summed E-state index contributed by atoms with van der Waals surface area (Å²) in [6.07, 6.45) is 2.30. The van der Waals surface area contributed by atoms with Crippen molar-refractivity contribution >= 4 is 5.91 Å². The van der Waals surface area contributed by atoms with Crippen LogP contribution in [0.1, 0.15) is 33.6 Å². The summed E-state index contributed by atoms with van der Waals surface area (Å²) in [5.74, 6) is -2.54. The van der Waals surface area contributed by atoms with Gasteiger partial charge in [0.1, 0.15) is 11.6 Å². The van der Waals surface area contributed by atoms with Crippen LogP contribution in [0.5, 0.6) is 0 Å². The number of rotatable bonds is 3. The first-order chi connectivity index (χ1) is 10.1. The smallest absolute Gasteiger partial charge is 0.264 e. The van der Waals surface area contributed by atoms with Gasteiger partial charge in [0.2, 0.25) is 0 Å². The van der Waals surface area contributed by atoms with Crippen molar-refractivity contribution in [2.45, 2.75) is 45.1 Å². The highest BCUT2D eigenvalue weighted by Gasteiger charge is 2.43. The van der Waals surface area contributed by atoms with E-state index in [0.717, 1.165) is 6.42 Å². The summed E-state index contributed by atoms with van der Waals surface area (Å²) in [6, 6.07) is 1.95. The topological polar surface area (TPSA) is 47.3 Å². The molecule has 22 heavy (non-hydrogen) atoms. The molecule has 0 unspecified atom stereocenters. The Morgan fingerprint density at radius 1 is 1.41 bits per heavy atom. The van der Waals surface area contributed by atoms with Gasteiger partial charge in [-0.05, 0) is 32.3 Å². The van der Waals surface area contributed by atoms with Gasteiger partial charge in [-0.25, -0.2) is 8.78 Å². The average molecular weight is 311 g/mol. The van der Waals surface area contributed by atoms with Crippen molar-refractivity contribution in [3.63, 3.8) is 0 Å². The third kappa shape index (κ3) is 3.64. The van der Waals surface area contributed by atoms with Crippen LogP contribution in [-0.4, -0.2) is 53.3 Å². The molecular formula is C16H23F2N3O. The Bertz CT molecular complexity index is 522. The van der Waals surface area contributed by atoms with Gasteiger partial charge in [0.25, 0.3) is 11.8 Å². The summed E-state index contributed by atoms with van der Waals surface area (Å²) in [4.78, 5) is 15.7. The molecule has 2 rings (SSSR count). The molecule has 2 aliphatic rings. The van der Waals surface area contributed by atoms with Gasteiger partial charge in [0.05, 0.1) is 6.54 Å². The second-order valence-electron chi connectivity index (χ2n) is 7.00. The number of likely N-dealkylation sites (tertiary alicyclic amines) is 2. The molecule has 0 N–H and O–H groups in total. The van der Waals surface area contributed by atoms with Crippen molar-refractivity contribution in [2.75, 3.05) is 26.2 Å². The summed E-state index contributed by atoms with van der Waals surface area (Å²) >= 11 is 0. The van der Waals surface area contributed by atoms with Crippen LogP contribution in [-0.2, 0) is 4.79 Å². The molecule has 0 saturated carbocycles. The molecule has 0 aromatic rings. The van der Waals surface area contributed by atoms with Gasteiger partial charge in [0.15, 0.2) is 0 Å². The molecule has 1 atom stereocenters. The zero-order valence-corrected chi connectivity index (χ0v) is 13.4. The zero-order chi connectivity index (χ0) is 16.5. The fraction of sp³-hybridized carbons (Fsp3) is 0.750. The van der Waals surface area contributed by atoms with E-state index in [-0.39, 0.29) is 31.0 Å². The van der Waals surface area contributed by atoms with E-state index in [0.29, 0.717) is 19.0 Å². The maximum atomic E-state index is 13.4. The lowest BCUT2D eigenvalue weighted by Crippen LogP contribution is -2.43. The number of nitriles is 1. The largest absolute Gasteiger partial charge is 0.338 e. The number of carbonyl (C=O) groups excluding carboxylic acids is 1. The minimum absolute atomic E-state index is 0.0503. The Morgan fingerprint density at radius 3 is 2.55 bits per heavy atom. The van der Waals surface area contributed by atoms with Crippen LogP contribution in [0.4, 0.5) is 8.78 Å². The van der Waals surface area contributed by atoms with E-state index >= 15 is 0 Å². The number of alkyl halides is 2. The van der Waals surface area contributed by atoms with Crippen molar-refractivity contribution in [2.24, 2.45) is 5.92 Å². The number of carbonyl (C=O) groups is 1. The predicted octanol–water partition coefficient (Wildman–Crippen LogP) is 2.42. The average Bonchev–Trinajstić information content (AvgIpc) is 3.01. The molecule has 4 nitrogen and oxygen atoms in total. The maximum Gasteiger partial charge on any atom is 0.264 e. The van der Waals surface area contributed by atoms with Gasteiger partial charge in [-0.2, -0.15) is 5.26 Å². The molecule has 0 aromatic carbocycles. The lowest BCUT2D eigenvalue weighted by atomic mass is 9.99. The number of amides is 1. The van der Waals surface area contributed by atoms with Gasteiger partial charge < -0.3 is 4.90 Å². The van der Waals surface area contributed by atoms with Gasteiger partial charge in [-0.1, -0.05) is 6.92 Å². The van der Waals surface area contributed by atoms with E-state index in [4.69, 9.17) is 0 Å². The number of hydrogen-bond acceptors (Lipinski definition) is 3. The molecule has 0 spiro atoms. The standard InChI is InChI=1S/C16H23F2N3O/c1-12-4-6-20(10-12)14(22)13(9-19)8-15(2,3)21-7-5-16(17,18)11-21/h8,12H,4-7,10-11H2,1-3H3/b13-8+/t12-/m0/s1. The molecule has 2 heterocycles. The SMILES string of the molecule is C[C@H]1CCN(C(=O)/C(C#N)=C/C(C)(C)N2CCC(F)(F)C2)C1. The first kappa shape index (κ1) is 16.9. The first-order valence-corrected chi connectivity index (χ1v) is 7.70. The lowest BCUT2D eigenvalue weighted by Gasteiger charge is -2.33. The highest BCUT2D eigenvalue weighted by atomic mass is 19.3. The third-order valence-corrected chi connectivity index (χ3v) is 4.54. The number of hydrogen-bond donors (Lipinski definition) is 0. The zero-order valence-electron chi connectivity index (χ0n) is 13.4. The second-order valence-corrected chi connectivity index (χ2v) is 7.00. The molecule has 0 aliphatic carbocycles. The van der Waals surface area contributed by atoms with Gasteiger partial charge in [-0.3, -0.25) is 9.69 Å². The van der Waals surface area contributed by atoms with Crippen molar-refractivity contribution in [1.82, 2.24) is 9.80 Å². The Balaban J connectivity index is 2.14. The number of nitrogens with zero attached hydrogens (tertiary/aromatic N) is 3. The summed E-state index contributed by atoms with van der Waals surface area (Å²) < 4.78 is 26.8. The molecule has 0 radical (unpaired) electrons. The van der Waals surface area contributed by atoms with Crippen molar-refractivity contribution in [1.29, 1.82) is 5.26 Å². The van der Waals surface area contributed by atoms with Crippen molar-refractivity contribution in [3.05, 3.63) is 11.6 Å². The van der Waals surface area contributed by atoms with E-state index in [1.807, 2.05) is 6.07 Å². The summed E-state index contributed by atoms with van der Waals surface area (Å²) in [7, 11) is 0. The van der Waals surface area contributed by atoms with Crippen LogP contribution >= 0.6 is 0 Å². The fourth-order valence-corrected chi connectivity index (χ4v) is 3.10. The number of halogens is 2. The van der Waals surface area contributed by atoms with Crippen LogP contribution in [0.2, 0.25) is 0 Å². The van der Waals surface area contributed by atoms with Gasteiger partial charge >= 0.3 is 0 Å². The quantitative estimate of drug-likeness (QED) is 0.594. The molecular weight excluding hydrogens is 288 g/mol. The minimum Gasteiger partial charge on any atom is -0.338 e. The Kier molecular flexibility index (Phi) is 4.57. The van der Waals surface area contributed by atoms with Crippen LogP contribution in [0.15, 0.2) is 11.6 Å². The van der Waals surface area contributed by atoms with Gasteiger partial charge in [0, 0.05) is 31.6 Å². The normalized spacial score (nSPS) is 26.3. The predicted molar refractivity (Wildman–Crippen MR) is 79.3 cm³/mol. The summed E-state index contributed by atoms with van der Waals surface area (Å²) in [6.45, 7) is 6.85. The Hall–Kier alpha value is -1.48. The summed E-state index contributed by atoms with van der Waals surface area (Å²) in [5.41, 5.74) is -0.694. The Morgan fingerprint density at radius 2 is 2.09 bits per heavy atom. The Labute approximate surface area is 130 Å². The first-order valence-electron chi connectivity index (χ1n) is 7.70. The summed E-state index contributed by atoms with van der Waals surface area (Å²) in [5, 5.41) is 9.30. The van der Waals surface area contributed by atoms with E-state index in [9.17, 15) is 18.8 Å². The maximum absolute atomic E-state index is 13.4. The van der Waals surface area contributed by atoms with Crippen molar-refractivity contribution in [3.8, 4) is 6.07 Å². The van der Waals surface area contributed by atoms with Crippen LogP contribution in [0, 0.1) is 17.2 Å². The highest BCUT2D eigenvalue weighted by Crippen LogP contribution is 2.33. The fourth-order valence-electron chi connectivity index (χ4n) is 3.10. The van der Waals surface area contributed by atoms with Crippen molar-refractivity contribution < 1.29 is 13.6 Å². The molecule has 2 saturated heterocycles.